The summed E-state index contributed by atoms with van der Waals surface area (Å²) in [7, 11) is -3.56. The van der Waals surface area contributed by atoms with Crippen molar-refractivity contribution in [1.29, 1.82) is 0 Å². The number of pyridine rings is 1. The van der Waals surface area contributed by atoms with Gasteiger partial charge < -0.3 is 4.52 Å². The van der Waals surface area contributed by atoms with Crippen LogP contribution in [0.1, 0.15) is 35.7 Å². The summed E-state index contributed by atoms with van der Waals surface area (Å²) in [6.45, 7) is 0.721. The Bertz CT molecular complexity index is 1370. The fraction of sp³-hybridized carbons (Fsp3) is 0.240. The van der Waals surface area contributed by atoms with E-state index in [0.29, 0.717) is 49.0 Å². The minimum atomic E-state index is -3.56. The molecule has 0 atom stereocenters. The Morgan fingerprint density at radius 3 is 2.32 bits per heavy atom. The molecular weight excluding hydrogens is 516 g/mol. The third-order valence-corrected chi connectivity index (χ3v) is 8.63. The predicted molar refractivity (Wildman–Crippen MR) is 131 cm³/mol. The van der Waals surface area contributed by atoms with E-state index in [0.717, 1.165) is 15.6 Å². The fourth-order valence-corrected chi connectivity index (χ4v) is 6.36. The molecule has 2 aromatic carbocycles. The normalized spacial score (nSPS) is 16.4. The molecule has 5 rings (SSSR count). The zero-order valence-electron chi connectivity index (χ0n) is 18.3. The van der Waals surface area contributed by atoms with E-state index < -0.39 is 15.4 Å². The van der Waals surface area contributed by atoms with E-state index in [2.05, 4.69) is 26.1 Å². The van der Waals surface area contributed by atoms with Crippen LogP contribution in [0.5, 0.6) is 0 Å². The number of hydrogen-bond acceptors (Lipinski definition) is 6. The van der Waals surface area contributed by atoms with Crippen LogP contribution in [-0.2, 0) is 21.9 Å². The molecule has 174 valence electrons. The molecule has 0 N–H and O–H groups in total. The predicted octanol–water partition coefficient (Wildman–Crippen LogP) is 4.59. The molecule has 34 heavy (non-hydrogen) atoms. The van der Waals surface area contributed by atoms with Gasteiger partial charge in [-0.25, -0.2) is 8.42 Å². The van der Waals surface area contributed by atoms with Crippen LogP contribution < -0.4 is 0 Å². The minimum absolute atomic E-state index is 0.310. The molecule has 2 aromatic heterocycles. The van der Waals surface area contributed by atoms with Crippen molar-refractivity contribution in [2.45, 2.75) is 29.6 Å². The summed E-state index contributed by atoms with van der Waals surface area (Å²) < 4.78 is 34.6. The Morgan fingerprint density at radius 1 is 0.971 bits per heavy atom. The van der Waals surface area contributed by atoms with Crippen molar-refractivity contribution in [2.75, 3.05) is 13.1 Å². The van der Waals surface area contributed by atoms with Crippen LogP contribution in [0.3, 0.4) is 0 Å². The Kier molecular flexibility index (Phi) is 6.33. The maximum absolute atomic E-state index is 13.2. The summed E-state index contributed by atoms with van der Waals surface area (Å²) in [4.78, 5) is 9.27. The molecule has 0 aliphatic carbocycles. The molecule has 4 aromatic rings. The second kappa shape index (κ2) is 9.40. The third-order valence-electron chi connectivity index (χ3n) is 6.28. The molecular formula is C25H23BrN4O3S. The van der Waals surface area contributed by atoms with Gasteiger partial charge in [-0.15, -0.1) is 0 Å². The molecule has 0 spiro atoms. The average Bonchev–Trinajstić information content (AvgIpc) is 3.34. The second-order valence-corrected chi connectivity index (χ2v) is 11.2. The van der Waals surface area contributed by atoms with E-state index in [1.54, 1.807) is 41.0 Å². The van der Waals surface area contributed by atoms with Crippen molar-refractivity contribution in [3.8, 4) is 0 Å². The van der Waals surface area contributed by atoms with E-state index in [9.17, 15) is 8.42 Å². The molecule has 0 unspecified atom stereocenters. The van der Waals surface area contributed by atoms with Gasteiger partial charge in [-0.05, 0) is 58.1 Å². The zero-order chi connectivity index (χ0) is 23.6. The van der Waals surface area contributed by atoms with Crippen molar-refractivity contribution in [3.05, 3.63) is 106 Å². The Morgan fingerprint density at radius 2 is 1.65 bits per heavy atom. The maximum atomic E-state index is 13.2. The van der Waals surface area contributed by atoms with E-state index in [-0.39, 0.29) is 0 Å². The number of sulfonamides is 1. The van der Waals surface area contributed by atoms with E-state index in [4.69, 9.17) is 9.51 Å². The topological polar surface area (TPSA) is 89.2 Å². The van der Waals surface area contributed by atoms with Crippen LogP contribution in [0.25, 0.3) is 0 Å². The van der Waals surface area contributed by atoms with Crippen molar-refractivity contribution in [1.82, 2.24) is 19.4 Å². The summed E-state index contributed by atoms with van der Waals surface area (Å²) in [5, 5.41) is 4.24. The highest BCUT2D eigenvalue weighted by Crippen LogP contribution is 2.42. The molecule has 0 saturated carbocycles. The van der Waals surface area contributed by atoms with E-state index >= 15 is 0 Å². The van der Waals surface area contributed by atoms with Gasteiger partial charge in [0, 0.05) is 36.4 Å². The fourth-order valence-electron chi connectivity index (χ4n) is 4.49. The number of benzene rings is 2. The zero-order valence-corrected chi connectivity index (χ0v) is 20.7. The van der Waals surface area contributed by atoms with Gasteiger partial charge in [0.2, 0.25) is 15.9 Å². The highest BCUT2D eigenvalue weighted by atomic mass is 79.9. The van der Waals surface area contributed by atoms with Gasteiger partial charge in [0.15, 0.2) is 5.82 Å². The van der Waals surface area contributed by atoms with Crippen molar-refractivity contribution < 1.29 is 12.9 Å². The standard InChI is InChI=1S/C25H23BrN4O3S/c26-21-15-19(17-27-18-21)16-23-28-24(33-29-23)25(20-7-3-1-4-8-20)11-13-30(14-12-25)34(31,32)22-9-5-2-6-10-22/h1-10,15,17-18H,11-14,16H2. The largest absolute Gasteiger partial charge is 0.338 e. The summed E-state index contributed by atoms with van der Waals surface area (Å²) >= 11 is 3.44. The van der Waals surface area contributed by atoms with Crippen molar-refractivity contribution in [3.63, 3.8) is 0 Å². The van der Waals surface area contributed by atoms with Gasteiger partial charge >= 0.3 is 0 Å². The summed E-state index contributed by atoms with van der Waals surface area (Å²) in [5.74, 6) is 1.10. The lowest BCUT2D eigenvalue weighted by Crippen LogP contribution is -2.45. The van der Waals surface area contributed by atoms with Crippen LogP contribution in [0.15, 0.2) is 93.0 Å². The van der Waals surface area contributed by atoms with Gasteiger partial charge in [0.25, 0.3) is 0 Å². The Hall–Kier alpha value is -2.88. The Balaban J connectivity index is 1.44. The molecule has 1 saturated heterocycles. The first kappa shape index (κ1) is 22.9. The van der Waals surface area contributed by atoms with Crippen LogP contribution in [-0.4, -0.2) is 40.9 Å². The quantitative estimate of drug-likeness (QED) is 0.356. The lowest BCUT2D eigenvalue weighted by atomic mass is 9.73. The first-order chi connectivity index (χ1) is 16.5. The van der Waals surface area contributed by atoms with Gasteiger partial charge in [0.05, 0.1) is 10.3 Å². The number of hydrogen-bond donors (Lipinski definition) is 0. The lowest BCUT2D eigenvalue weighted by molar-refractivity contribution is 0.214. The molecule has 1 fully saturated rings. The summed E-state index contributed by atoms with van der Waals surface area (Å²) in [5.41, 5.74) is 1.47. The molecule has 7 nitrogen and oxygen atoms in total. The van der Waals surface area contributed by atoms with Crippen LogP contribution in [0.4, 0.5) is 0 Å². The third kappa shape index (κ3) is 4.43. The Labute approximate surface area is 207 Å². The van der Waals surface area contributed by atoms with Crippen LogP contribution >= 0.6 is 15.9 Å². The number of aromatic nitrogens is 3. The second-order valence-electron chi connectivity index (χ2n) is 8.37. The molecule has 0 radical (unpaired) electrons. The molecule has 0 amide bonds. The monoisotopic (exact) mass is 538 g/mol. The average molecular weight is 539 g/mol. The smallest absolute Gasteiger partial charge is 0.243 e. The maximum Gasteiger partial charge on any atom is 0.243 e. The molecule has 9 heteroatoms. The van der Waals surface area contributed by atoms with Gasteiger partial charge in [0.1, 0.15) is 0 Å². The first-order valence-corrected chi connectivity index (χ1v) is 13.2. The molecule has 1 aliphatic rings. The molecule has 1 aliphatic heterocycles. The van der Waals surface area contributed by atoms with E-state index in [1.807, 2.05) is 42.5 Å². The van der Waals surface area contributed by atoms with Crippen LogP contribution in [0, 0.1) is 0 Å². The van der Waals surface area contributed by atoms with Crippen molar-refractivity contribution in [2.24, 2.45) is 0 Å². The first-order valence-electron chi connectivity index (χ1n) is 11.0. The summed E-state index contributed by atoms with van der Waals surface area (Å²) in [6.07, 6.45) is 5.09. The van der Waals surface area contributed by atoms with E-state index in [1.165, 1.54) is 0 Å². The number of halogens is 1. The van der Waals surface area contributed by atoms with Crippen LogP contribution in [0.2, 0.25) is 0 Å². The summed E-state index contributed by atoms with van der Waals surface area (Å²) in [6, 6.07) is 20.6. The molecule has 0 bridgehead atoms. The number of nitrogens with zero attached hydrogens (tertiary/aromatic N) is 4. The van der Waals surface area contributed by atoms with Gasteiger partial charge in [-0.2, -0.15) is 9.29 Å². The SMILES string of the molecule is O=S(=O)(c1ccccc1)N1CCC(c2ccccc2)(c2nc(Cc3cncc(Br)c3)no2)CC1. The number of piperidine rings is 1. The minimum Gasteiger partial charge on any atom is -0.338 e. The van der Waals surface area contributed by atoms with Gasteiger partial charge in [-0.3, -0.25) is 4.98 Å². The molecule has 3 heterocycles. The lowest BCUT2D eigenvalue weighted by Gasteiger charge is -2.39. The van der Waals surface area contributed by atoms with Crippen molar-refractivity contribution >= 4 is 26.0 Å². The highest BCUT2D eigenvalue weighted by Gasteiger charge is 2.45. The number of rotatable bonds is 6. The highest BCUT2D eigenvalue weighted by molar-refractivity contribution is 9.10. The van der Waals surface area contributed by atoms with Gasteiger partial charge in [-0.1, -0.05) is 53.7 Å².